The Bertz CT molecular complexity index is 943. The average molecular weight is 398 g/mol. The number of carbonyl (C=O) groups is 3. The molecule has 2 aromatic rings. The molecule has 0 bridgehead atoms. The predicted molar refractivity (Wildman–Crippen MR) is 106 cm³/mol. The van der Waals surface area contributed by atoms with Gasteiger partial charge in [0.15, 0.2) is 12.2 Å². The highest BCUT2D eigenvalue weighted by Crippen LogP contribution is 2.30. The summed E-state index contributed by atoms with van der Waals surface area (Å²) < 4.78 is 16.0. The number of hydrogen-bond donors (Lipinski definition) is 2. The molecule has 8 nitrogen and oxygen atoms in total. The summed E-state index contributed by atoms with van der Waals surface area (Å²) in [5, 5.41) is 5.36. The highest BCUT2D eigenvalue weighted by Gasteiger charge is 2.31. The summed E-state index contributed by atoms with van der Waals surface area (Å²) in [4.78, 5) is 36.7. The molecule has 2 atom stereocenters. The van der Waals surface area contributed by atoms with Gasteiger partial charge in [0.1, 0.15) is 11.5 Å². The highest BCUT2D eigenvalue weighted by atomic mass is 16.6. The molecule has 2 amide bonds. The van der Waals surface area contributed by atoms with Gasteiger partial charge in [-0.15, -0.1) is 0 Å². The Hall–Kier alpha value is -3.55. The largest absolute Gasteiger partial charge is 0.495 e. The van der Waals surface area contributed by atoms with Gasteiger partial charge in [0.2, 0.25) is 0 Å². The second-order valence-corrected chi connectivity index (χ2v) is 6.62. The van der Waals surface area contributed by atoms with Crippen LogP contribution < -0.4 is 20.1 Å². The van der Waals surface area contributed by atoms with Crippen LogP contribution in [0.4, 0.5) is 11.4 Å². The molecule has 1 heterocycles. The van der Waals surface area contributed by atoms with E-state index in [4.69, 9.17) is 14.2 Å². The maximum absolute atomic E-state index is 12.4. The van der Waals surface area contributed by atoms with E-state index in [1.165, 1.54) is 14.0 Å². The van der Waals surface area contributed by atoms with Gasteiger partial charge in [-0.25, -0.2) is 0 Å². The molecule has 0 aromatic heterocycles. The lowest BCUT2D eigenvalue weighted by Crippen LogP contribution is -2.40. The monoisotopic (exact) mass is 398 g/mol. The minimum Gasteiger partial charge on any atom is -0.495 e. The van der Waals surface area contributed by atoms with Gasteiger partial charge in [-0.05, 0) is 43.7 Å². The van der Waals surface area contributed by atoms with Crippen molar-refractivity contribution < 1.29 is 28.6 Å². The van der Waals surface area contributed by atoms with Gasteiger partial charge in [0.25, 0.3) is 11.8 Å². The Morgan fingerprint density at radius 2 is 2.00 bits per heavy atom. The lowest BCUT2D eigenvalue weighted by atomic mass is 10.1. The molecule has 1 aliphatic heterocycles. The van der Waals surface area contributed by atoms with Gasteiger partial charge in [-0.3, -0.25) is 14.4 Å². The number of aryl methyl sites for hydroxylation is 1. The van der Waals surface area contributed by atoms with Crippen LogP contribution in [0.3, 0.4) is 0 Å². The molecular weight excluding hydrogens is 376 g/mol. The maximum Gasteiger partial charge on any atom is 0.310 e. The standard InChI is InChI=1S/C21H22N2O6/c1-12-8-9-16(27-3)15(10-12)23-20(25)13(2)28-19(24)11-18-21(26)22-14-6-4-5-7-17(14)29-18/h4-10,13,18H,11H2,1-3H3,(H,22,26)(H,23,25). The molecule has 0 aliphatic carbocycles. The summed E-state index contributed by atoms with van der Waals surface area (Å²) in [6.45, 7) is 3.33. The molecule has 3 rings (SSSR count). The molecule has 2 unspecified atom stereocenters. The molecule has 29 heavy (non-hydrogen) atoms. The minimum atomic E-state index is -1.06. The molecule has 0 saturated heterocycles. The fourth-order valence-corrected chi connectivity index (χ4v) is 2.83. The smallest absolute Gasteiger partial charge is 0.310 e. The van der Waals surface area contributed by atoms with Gasteiger partial charge < -0.3 is 24.8 Å². The highest BCUT2D eigenvalue weighted by molar-refractivity contribution is 6.00. The van der Waals surface area contributed by atoms with Gasteiger partial charge >= 0.3 is 5.97 Å². The van der Waals surface area contributed by atoms with E-state index in [2.05, 4.69) is 10.6 Å². The van der Waals surface area contributed by atoms with Crippen molar-refractivity contribution in [2.45, 2.75) is 32.5 Å². The van der Waals surface area contributed by atoms with E-state index in [9.17, 15) is 14.4 Å². The third-order valence-corrected chi connectivity index (χ3v) is 4.35. The number of rotatable bonds is 6. The maximum atomic E-state index is 12.4. The molecule has 0 fully saturated rings. The first-order valence-electron chi connectivity index (χ1n) is 9.09. The van der Waals surface area contributed by atoms with E-state index < -0.39 is 30.0 Å². The van der Waals surface area contributed by atoms with Crippen LogP contribution in [0.15, 0.2) is 42.5 Å². The SMILES string of the molecule is COc1ccc(C)cc1NC(=O)C(C)OC(=O)CC1Oc2ccccc2NC1=O. The number of hydrogen-bond acceptors (Lipinski definition) is 6. The number of fused-ring (bicyclic) bond motifs is 1. The number of ether oxygens (including phenoxy) is 3. The Labute approximate surface area is 168 Å². The van der Waals surface area contributed by atoms with Gasteiger partial charge in [-0.2, -0.15) is 0 Å². The van der Waals surface area contributed by atoms with Gasteiger partial charge in [-0.1, -0.05) is 18.2 Å². The van der Waals surface area contributed by atoms with Crippen molar-refractivity contribution in [2.75, 3.05) is 17.7 Å². The van der Waals surface area contributed by atoms with Crippen LogP contribution in [-0.4, -0.2) is 37.1 Å². The molecule has 1 aliphatic rings. The van der Waals surface area contributed by atoms with E-state index in [0.29, 0.717) is 22.9 Å². The number of anilines is 2. The quantitative estimate of drug-likeness (QED) is 0.725. The van der Waals surface area contributed by atoms with E-state index in [1.54, 1.807) is 36.4 Å². The van der Waals surface area contributed by atoms with Crippen LogP contribution in [0.1, 0.15) is 18.9 Å². The molecule has 8 heteroatoms. The van der Waals surface area contributed by atoms with Crippen molar-refractivity contribution in [2.24, 2.45) is 0 Å². The number of esters is 1. The number of para-hydroxylation sites is 2. The summed E-state index contributed by atoms with van der Waals surface area (Å²) in [6.07, 6.45) is -2.40. The summed E-state index contributed by atoms with van der Waals surface area (Å²) in [6, 6.07) is 12.3. The summed E-state index contributed by atoms with van der Waals surface area (Å²) >= 11 is 0. The first-order chi connectivity index (χ1) is 13.9. The number of nitrogens with one attached hydrogen (secondary N) is 2. The third kappa shape index (κ3) is 4.84. The van der Waals surface area contributed by atoms with Crippen LogP contribution in [0.25, 0.3) is 0 Å². The Morgan fingerprint density at radius 3 is 2.76 bits per heavy atom. The van der Waals surface area contributed by atoms with Crippen LogP contribution >= 0.6 is 0 Å². The number of methoxy groups -OCH3 is 1. The Morgan fingerprint density at radius 1 is 1.24 bits per heavy atom. The second kappa shape index (κ2) is 8.64. The van der Waals surface area contributed by atoms with Crippen LogP contribution in [0.2, 0.25) is 0 Å². The van der Waals surface area contributed by atoms with Gasteiger partial charge in [0, 0.05) is 0 Å². The number of benzene rings is 2. The van der Waals surface area contributed by atoms with Crippen molar-refractivity contribution in [1.82, 2.24) is 0 Å². The van der Waals surface area contributed by atoms with Gasteiger partial charge in [0.05, 0.1) is 24.9 Å². The van der Waals surface area contributed by atoms with Crippen molar-refractivity contribution in [1.29, 1.82) is 0 Å². The molecule has 2 aromatic carbocycles. The fourth-order valence-electron chi connectivity index (χ4n) is 2.83. The Balaban J connectivity index is 1.57. The zero-order valence-electron chi connectivity index (χ0n) is 16.4. The number of amides is 2. The first-order valence-corrected chi connectivity index (χ1v) is 9.09. The summed E-state index contributed by atoms with van der Waals surface area (Å²) in [5.74, 6) is -0.706. The molecular formula is C21H22N2O6. The van der Waals surface area contributed by atoms with Crippen LogP contribution in [0, 0.1) is 6.92 Å². The molecule has 0 radical (unpaired) electrons. The average Bonchev–Trinajstić information content (AvgIpc) is 2.68. The van der Waals surface area contributed by atoms with E-state index in [1.807, 2.05) is 13.0 Å². The summed E-state index contributed by atoms with van der Waals surface area (Å²) in [5.41, 5.74) is 1.96. The number of carbonyl (C=O) groups excluding carboxylic acids is 3. The van der Waals surface area contributed by atoms with E-state index >= 15 is 0 Å². The minimum absolute atomic E-state index is 0.314. The Kier molecular flexibility index (Phi) is 6.01. The van der Waals surface area contributed by atoms with E-state index in [0.717, 1.165) is 5.56 Å². The van der Waals surface area contributed by atoms with E-state index in [-0.39, 0.29) is 6.42 Å². The van der Waals surface area contributed by atoms with Crippen LogP contribution in [-0.2, 0) is 19.1 Å². The zero-order chi connectivity index (χ0) is 21.0. The molecule has 2 N–H and O–H groups in total. The van der Waals surface area contributed by atoms with Crippen molar-refractivity contribution >= 4 is 29.2 Å². The van der Waals surface area contributed by atoms with Crippen LogP contribution in [0.5, 0.6) is 11.5 Å². The lowest BCUT2D eigenvalue weighted by Gasteiger charge is -2.25. The zero-order valence-corrected chi connectivity index (χ0v) is 16.4. The van der Waals surface area contributed by atoms with Crippen molar-refractivity contribution in [3.63, 3.8) is 0 Å². The third-order valence-electron chi connectivity index (χ3n) is 4.35. The topological polar surface area (TPSA) is 103 Å². The molecule has 0 saturated carbocycles. The molecule has 152 valence electrons. The van der Waals surface area contributed by atoms with Crippen molar-refractivity contribution in [3.05, 3.63) is 48.0 Å². The predicted octanol–water partition coefficient (Wildman–Crippen LogP) is 2.66. The second-order valence-electron chi connectivity index (χ2n) is 6.62. The fraction of sp³-hybridized carbons (Fsp3) is 0.286. The molecule has 0 spiro atoms. The lowest BCUT2D eigenvalue weighted by molar-refractivity contribution is -0.155. The normalized spacial score (nSPS) is 16.0. The van der Waals surface area contributed by atoms with Crippen molar-refractivity contribution in [3.8, 4) is 11.5 Å². The first kappa shape index (κ1) is 20.2. The summed E-state index contributed by atoms with van der Waals surface area (Å²) in [7, 11) is 1.50.